The molecule has 6 heteroatoms. The summed E-state index contributed by atoms with van der Waals surface area (Å²) in [5.74, 6) is 2.45. The Morgan fingerprint density at radius 2 is 1.87 bits per heavy atom. The normalized spacial score (nSPS) is 15.9. The summed E-state index contributed by atoms with van der Waals surface area (Å²) in [7, 11) is 3.56. The minimum Gasteiger partial charge on any atom is -0.497 e. The zero-order valence-electron chi connectivity index (χ0n) is 18.1. The van der Waals surface area contributed by atoms with Gasteiger partial charge in [0.15, 0.2) is 0 Å². The first-order valence-electron chi connectivity index (χ1n) is 10.4. The van der Waals surface area contributed by atoms with Crippen LogP contribution in [-0.2, 0) is 11.3 Å². The largest absolute Gasteiger partial charge is 0.497 e. The number of nitrogens with zero attached hydrogens (tertiary/aromatic N) is 3. The summed E-state index contributed by atoms with van der Waals surface area (Å²) in [6, 6.07) is 21.6. The molecule has 3 aromatic rings. The molecule has 31 heavy (non-hydrogen) atoms. The van der Waals surface area contributed by atoms with E-state index in [0.29, 0.717) is 13.0 Å². The Hall–Kier alpha value is -3.38. The number of rotatable bonds is 7. The van der Waals surface area contributed by atoms with Crippen LogP contribution in [0, 0.1) is 6.92 Å². The van der Waals surface area contributed by atoms with E-state index in [1.165, 1.54) is 0 Å². The number of hydrazone groups is 1. The molecule has 0 saturated heterocycles. The SMILES string of the molecule is COc1ccc([C@H]2CC(c3ccccc3)=NN2C(=O)CN(C)Cc2ccc(C)o2)cc1. The maximum atomic E-state index is 13.3. The number of hydrogen-bond donors (Lipinski definition) is 0. The first kappa shape index (κ1) is 20.9. The maximum absolute atomic E-state index is 13.3. The van der Waals surface area contributed by atoms with Gasteiger partial charge in [-0.05, 0) is 49.4 Å². The molecular weight excluding hydrogens is 390 g/mol. The van der Waals surface area contributed by atoms with Crippen molar-refractivity contribution in [3.8, 4) is 5.75 Å². The predicted octanol–water partition coefficient (Wildman–Crippen LogP) is 4.41. The molecule has 0 unspecified atom stereocenters. The number of ether oxygens (including phenoxy) is 1. The standard InChI is InChI=1S/C25H27N3O3/c1-18-9-12-22(31-18)16-27(2)17-25(29)28-24(20-10-13-21(30-3)14-11-20)15-23(26-28)19-7-5-4-6-8-19/h4-14,24H,15-17H2,1-3H3/t24-/m1/s1. The lowest BCUT2D eigenvalue weighted by atomic mass is 9.98. The van der Waals surface area contributed by atoms with Crippen LogP contribution >= 0.6 is 0 Å². The van der Waals surface area contributed by atoms with Gasteiger partial charge in [0.1, 0.15) is 17.3 Å². The van der Waals surface area contributed by atoms with Crippen molar-refractivity contribution in [2.75, 3.05) is 20.7 Å². The van der Waals surface area contributed by atoms with Crippen molar-refractivity contribution in [3.05, 3.63) is 89.4 Å². The molecule has 2 aromatic carbocycles. The lowest BCUT2D eigenvalue weighted by Crippen LogP contribution is -2.36. The number of carbonyl (C=O) groups excluding carboxylic acids is 1. The minimum atomic E-state index is -0.145. The first-order valence-corrected chi connectivity index (χ1v) is 10.4. The Kier molecular flexibility index (Phi) is 6.18. The number of carbonyl (C=O) groups is 1. The summed E-state index contributed by atoms with van der Waals surface area (Å²) < 4.78 is 10.9. The van der Waals surface area contributed by atoms with Crippen LogP contribution in [0.3, 0.4) is 0 Å². The number of aryl methyl sites for hydroxylation is 1. The van der Waals surface area contributed by atoms with Crippen LogP contribution in [0.2, 0.25) is 0 Å². The average Bonchev–Trinajstić information content (AvgIpc) is 3.41. The van der Waals surface area contributed by atoms with E-state index < -0.39 is 0 Å². The van der Waals surface area contributed by atoms with Gasteiger partial charge in [0.25, 0.3) is 5.91 Å². The van der Waals surface area contributed by atoms with E-state index in [0.717, 1.165) is 34.1 Å². The van der Waals surface area contributed by atoms with E-state index in [1.54, 1.807) is 12.1 Å². The Morgan fingerprint density at radius 1 is 1.13 bits per heavy atom. The maximum Gasteiger partial charge on any atom is 0.257 e. The van der Waals surface area contributed by atoms with E-state index in [4.69, 9.17) is 14.3 Å². The number of benzene rings is 2. The highest BCUT2D eigenvalue weighted by Gasteiger charge is 2.33. The number of likely N-dealkylation sites (N-methyl/N-ethyl adjacent to an activating group) is 1. The molecule has 1 aliphatic rings. The van der Waals surface area contributed by atoms with Crippen molar-refractivity contribution in [2.45, 2.75) is 25.9 Å². The van der Waals surface area contributed by atoms with Gasteiger partial charge < -0.3 is 9.15 Å². The van der Waals surface area contributed by atoms with Crippen molar-refractivity contribution in [3.63, 3.8) is 0 Å². The van der Waals surface area contributed by atoms with E-state index in [9.17, 15) is 4.79 Å². The second-order valence-corrected chi connectivity index (χ2v) is 7.83. The summed E-state index contributed by atoms with van der Waals surface area (Å²) in [6.45, 7) is 2.73. The van der Waals surface area contributed by atoms with E-state index in [2.05, 4.69) is 0 Å². The van der Waals surface area contributed by atoms with Crippen molar-refractivity contribution in [1.29, 1.82) is 0 Å². The fourth-order valence-corrected chi connectivity index (χ4v) is 3.83. The van der Waals surface area contributed by atoms with Crippen LogP contribution in [0.25, 0.3) is 0 Å². The average molecular weight is 418 g/mol. The molecule has 1 atom stereocenters. The van der Waals surface area contributed by atoms with Gasteiger partial charge >= 0.3 is 0 Å². The third-order valence-electron chi connectivity index (χ3n) is 5.40. The molecule has 0 N–H and O–H groups in total. The predicted molar refractivity (Wildman–Crippen MR) is 120 cm³/mol. The Bertz CT molecular complexity index is 1060. The Balaban J connectivity index is 1.54. The highest BCUT2D eigenvalue weighted by atomic mass is 16.5. The van der Waals surface area contributed by atoms with Crippen molar-refractivity contribution in [1.82, 2.24) is 9.91 Å². The zero-order chi connectivity index (χ0) is 21.8. The van der Waals surface area contributed by atoms with Gasteiger partial charge in [-0.2, -0.15) is 5.10 Å². The molecule has 0 fully saturated rings. The zero-order valence-corrected chi connectivity index (χ0v) is 18.1. The fourth-order valence-electron chi connectivity index (χ4n) is 3.83. The van der Waals surface area contributed by atoms with E-state index in [-0.39, 0.29) is 18.5 Å². The molecule has 0 aliphatic carbocycles. The number of amides is 1. The molecule has 2 heterocycles. The van der Waals surface area contributed by atoms with Crippen LogP contribution in [-0.4, -0.2) is 42.2 Å². The van der Waals surface area contributed by atoms with Crippen LogP contribution in [0.4, 0.5) is 0 Å². The molecule has 0 saturated carbocycles. The molecule has 1 amide bonds. The second kappa shape index (κ2) is 9.18. The fraction of sp³-hybridized carbons (Fsp3) is 0.280. The smallest absolute Gasteiger partial charge is 0.257 e. The van der Waals surface area contributed by atoms with Crippen LogP contribution in [0.1, 0.15) is 35.1 Å². The summed E-state index contributed by atoms with van der Waals surface area (Å²) in [5.41, 5.74) is 2.99. The summed E-state index contributed by atoms with van der Waals surface area (Å²) in [6.07, 6.45) is 0.670. The van der Waals surface area contributed by atoms with Gasteiger partial charge in [-0.3, -0.25) is 9.69 Å². The van der Waals surface area contributed by atoms with Gasteiger partial charge in [0.05, 0.1) is 32.0 Å². The van der Waals surface area contributed by atoms with Crippen LogP contribution in [0.5, 0.6) is 5.75 Å². The second-order valence-electron chi connectivity index (χ2n) is 7.83. The van der Waals surface area contributed by atoms with Crippen molar-refractivity contribution >= 4 is 11.6 Å². The van der Waals surface area contributed by atoms with E-state index >= 15 is 0 Å². The molecule has 1 aromatic heterocycles. The van der Waals surface area contributed by atoms with Crippen LogP contribution in [0.15, 0.2) is 76.2 Å². The number of hydrogen-bond acceptors (Lipinski definition) is 5. The lowest BCUT2D eigenvalue weighted by molar-refractivity contribution is -0.134. The Labute approximate surface area is 182 Å². The van der Waals surface area contributed by atoms with Gasteiger partial charge in [-0.1, -0.05) is 42.5 Å². The minimum absolute atomic E-state index is 0.0440. The number of methoxy groups -OCH3 is 1. The molecule has 1 aliphatic heterocycles. The molecule has 4 rings (SSSR count). The highest BCUT2D eigenvalue weighted by Crippen LogP contribution is 2.33. The number of furan rings is 1. The highest BCUT2D eigenvalue weighted by molar-refractivity contribution is 6.03. The van der Waals surface area contributed by atoms with Crippen molar-refractivity contribution in [2.24, 2.45) is 5.10 Å². The van der Waals surface area contributed by atoms with Gasteiger partial charge in [0, 0.05) is 6.42 Å². The third-order valence-corrected chi connectivity index (χ3v) is 5.40. The molecule has 0 spiro atoms. The lowest BCUT2D eigenvalue weighted by Gasteiger charge is -2.24. The summed E-state index contributed by atoms with van der Waals surface area (Å²) in [5, 5.41) is 6.37. The summed E-state index contributed by atoms with van der Waals surface area (Å²) >= 11 is 0. The van der Waals surface area contributed by atoms with Gasteiger partial charge in [0.2, 0.25) is 0 Å². The van der Waals surface area contributed by atoms with E-state index in [1.807, 2.05) is 85.6 Å². The molecular formula is C25H27N3O3. The molecule has 160 valence electrons. The Morgan fingerprint density at radius 3 is 2.52 bits per heavy atom. The van der Waals surface area contributed by atoms with Gasteiger partial charge in [-0.25, -0.2) is 5.01 Å². The molecule has 0 bridgehead atoms. The summed E-state index contributed by atoms with van der Waals surface area (Å²) in [4.78, 5) is 15.2. The monoisotopic (exact) mass is 417 g/mol. The quantitative estimate of drug-likeness (QED) is 0.572. The molecule has 0 radical (unpaired) electrons. The third kappa shape index (κ3) is 4.86. The van der Waals surface area contributed by atoms with Crippen LogP contribution < -0.4 is 4.74 Å². The topological polar surface area (TPSA) is 58.3 Å². The first-order chi connectivity index (χ1) is 15.0. The molecule has 6 nitrogen and oxygen atoms in total. The van der Waals surface area contributed by atoms with Crippen molar-refractivity contribution < 1.29 is 13.9 Å². The van der Waals surface area contributed by atoms with Gasteiger partial charge in [-0.15, -0.1) is 0 Å².